The molecule has 10 nitrogen and oxygen atoms in total. The number of aromatic nitrogens is 7. The Kier molecular flexibility index (Phi) is 4.35. The maximum Gasteiger partial charge on any atom is 0.251 e. The first-order chi connectivity index (χ1) is 13.2. The van der Waals surface area contributed by atoms with E-state index in [0.717, 1.165) is 11.3 Å². The monoisotopic (exact) mass is 362 g/mol. The van der Waals surface area contributed by atoms with Crippen LogP contribution >= 0.6 is 0 Å². The van der Waals surface area contributed by atoms with E-state index in [1.807, 2.05) is 0 Å². The van der Waals surface area contributed by atoms with Gasteiger partial charge in [0.25, 0.3) is 5.91 Å². The molecular formula is C17H14N8O2. The number of nitrogens with zero attached hydrogens (tertiary/aromatic N) is 7. The molecule has 0 unspecified atom stereocenters. The molecule has 134 valence electrons. The summed E-state index contributed by atoms with van der Waals surface area (Å²) in [6, 6.07) is 10.0. The van der Waals surface area contributed by atoms with Gasteiger partial charge < -0.3 is 9.84 Å². The van der Waals surface area contributed by atoms with Gasteiger partial charge in [0.1, 0.15) is 12.4 Å². The van der Waals surface area contributed by atoms with E-state index in [2.05, 4.69) is 36.0 Å². The summed E-state index contributed by atoms with van der Waals surface area (Å²) in [6.07, 6.45) is 4.78. The van der Waals surface area contributed by atoms with Gasteiger partial charge >= 0.3 is 0 Å². The summed E-state index contributed by atoms with van der Waals surface area (Å²) < 4.78 is 6.77. The lowest BCUT2D eigenvalue weighted by Gasteiger charge is -2.10. The van der Waals surface area contributed by atoms with Crippen molar-refractivity contribution in [3.05, 3.63) is 66.6 Å². The first-order valence-corrected chi connectivity index (χ1v) is 8.09. The topological polar surface area (TPSA) is 125 Å². The molecule has 10 heteroatoms. The van der Waals surface area contributed by atoms with E-state index in [1.165, 1.54) is 11.0 Å². The Morgan fingerprint density at radius 3 is 2.63 bits per heavy atom. The lowest BCUT2D eigenvalue weighted by molar-refractivity contribution is 0.0932. The van der Waals surface area contributed by atoms with Crippen LogP contribution < -0.4 is 5.32 Å². The van der Waals surface area contributed by atoms with Crippen LogP contribution in [0.5, 0.6) is 0 Å². The Bertz CT molecular complexity index is 1030. The lowest BCUT2D eigenvalue weighted by atomic mass is 10.2. The fourth-order valence-electron chi connectivity index (χ4n) is 2.42. The molecule has 0 aliphatic carbocycles. The molecule has 27 heavy (non-hydrogen) atoms. The molecule has 0 aliphatic rings. The highest BCUT2D eigenvalue weighted by molar-refractivity contribution is 5.94. The highest BCUT2D eigenvalue weighted by atomic mass is 16.5. The van der Waals surface area contributed by atoms with Crippen LogP contribution in [0.3, 0.4) is 0 Å². The molecule has 0 spiro atoms. The summed E-state index contributed by atoms with van der Waals surface area (Å²) in [6.45, 7) is 1.77. The van der Waals surface area contributed by atoms with Gasteiger partial charge in [-0.25, -0.2) is 4.68 Å². The van der Waals surface area contributed by atoms with Crippen molar-refractivity contribution in [1.29, 1.82) is 0 Å². The molecule has 1 amide bonds. The quantitative estimate of drug-likeness (QED) is 0.567. The van der Waals surface area contributed by atoms with Crippen LogP contribution in [0, 0.1) is 0 Å². The second-order valence-electron chi connectivity index (χ2n) is 5.69. The minimum absolute atomic E-state index is 0.255. The summed E-state index contributed by atoms with van der Waals surface area (Å²) in [7, 11) is 0. The van der Waals surface area contributed by atoms with Crippen molar-refractivity contribution in [2.75, 3.05) is 0 Å². The molecule has 4 rings (SSSR count). The van der Waals surface area contributed by atoms with Crippen molar-refractivity contribution in [2.24, 2.45) is 0 Å². The average Bonchev–Trinajstić information content (AvgIpc) is 3.41. The molecule has 1 aromatic carbocycles. The Balaban J connectivity index is 1.44. The zero-order chi connectivity index (χ0) is 18.6. The number of tetrazole rings is 1. The van der Waals surface area contributed by atoms with Gasteiger partial charge in [-0.05, 0) is 53.7 Å². The van der Waals surface area contributed by atoms with Crippen molar-refractivity contribution < 1.29 is 9.32 Å². The van der Waals surface area contributed by atoms with Gasteiger partial charge in [0.15, 0.2) is 0 Å². The largest absolute Gasteiger partial charge is 0.341 e. The Morgan fingerprint density at radius 2 is 1.93 bits per heavy atom. The fourth-order valence-corrected chi connectivity index (χ4v) is 2.42. The molecule has 3 aromatic heterocycles. The fraction of sp³-hybridized carbons (Fsp3) is 0.118. The second-order valence-corrected chi connectivity index (χ2v) is 5.69. The van der Waals surface area contributed by atoms with E-state index in [9.17, 15) is 4.79 Å². The summed E-state index contributed by atoms with van der Waals surface area (Å²) >= 11 is 0. The van der Waals surface area contributed by atoms with Gasteiger partial charge in [-0.2, -0.15) is 4.98 Å². The lowest BCUT2D eigenvalue weighted by Crippen LogP contribution is -2.26. The zero-order valence-corrected chi connectivity index (χ0v) is 14.2. The van der Waals surface area contributed by atoms with Crippen LogP contribution in [0.25, 0.3) is 17.1 Å². The first-order valence-electron chi connectivity index (χ1n) is 8.09. The number of benzene rings is 1. The van der Waals surface area contributed by atoms with Crippen LogP contribution in [-0.4, -0.2) is 41.2 Å². The number of amides is 1. The van der Waals surface area contributed by atoms with Gasteiger partial charge in [-0.15, -0.1) is 5.10 Å². The Morgan fingerprint density at radius 1 is 1.15 bits per heavy atom. The molecule has 0 saturated carbocycles. The van der Waals surface area contributed by atoms with Gasteiger partial charge in [0.05, 0.1) is 5.69 Å². The van der Waals surface area contributed by atoms with Crippen LogP contribution in [-0.2, 0) is 0 Å². The zero-order valence-electron chi connectivity index (χ0n) is 14.2. The third-order valence-corrected chi connectivity index (χ3v) is 3.84. The predicted octanol–water partition coefficient (Wildman–Crippen LogP) is 1.60. The summed E-state index contributed by atoms with van der Waals surface area (Å²) in [4.78, 5) is 20.7. The van der Waals surface area contributed by atoms with Gasteiger partial charge in [0, 0.05) is 23.5 Å². The molecular weight excluding hydrogens is 348 g/mol. The van der Waals surface area contributed by atoms with Crippen molar-refractivity contribution in [3.63, 3.8) is 0 Å². The number of pyridine rings is 1. The number of hydrogen-bond acceptors (Lipinski definition) is 8. The minimum atomic E-state index is -0.445. The van der Waals surface area contributed by atoms with Crippen LogP contribution in [0.4, 0.5) is 0 Å². The molecule has 0 aliphatic heterocycles. The van der Waals surface area contributed by atoms with Crippen LogP contribution in [0.15, 0.2) is 59.6 Å². The Hall–Kier alpha value is -3.95. The van der Waals surface area contributed by atoms with E-state index in [0.29, 0.717) is 17.3 Å². The summed E-state index contributed by atoms with van der Waals surface area (Å²) in [5.74, 6) is 0.509. The number of hydrogen-bond donors (Lipinski definition) is 1. The highest BCUT2D eigenvalue weighted by Gasteiger charge is 2.18. The third kappa shape index (κ3) is 3.54. The number of carbonyl (C=O) groups excluding carboxylic acids is 1. The van der Waals surface area contributed by atoms with E-state index in [1.54, 1.807) is 55.7 Å². The van der Waals surface area contributed by atoms with Crippen LogP contribution in [0.1, 0.15) is 29.2 Å². The van der Waals surface area contributed by atoms with Crippen molar-refractivity contribution in [1.82, 2.24) is 40.6 Å². The Labute approximate surface area is 153 Å². The number of rotatable bonds is 5. The first kappa shape index (κ1) is 16.5. The molecule has 4 aromatic rings. The van der Waals surface area contributed by atoms with Crippen molar-refractivity contribution >= 4 is 5.91 Å². The van der Waals surface area contributed by atoms with E-state index >= 15 is 0 Å². The van der Waals surface area contributed by atoms with E-state index < -0.39 is 6.04 Å². The number of nitrogens with one attached hydrogen (secondary N) is 1. The minimum Gasteiger partial charge on any atom is -0.341 e. The number of carbonyl (C=O) groups is 1. The van der Waals surface area contributed by atoms with Gasteiger partial charge in [-0.1, -0.05) is 5.16 Å². The smallest absolute Gasteiger partial charge is 0.251 e. The van der Waals surface area contributed by atoms with Gasteiger partial charge in [0.2, 0.25) is 11.7 Å². The normalized spacial score (nSPS) is 11.9. The van der Waals surface area contributed by atoms with E-state index in [-0.39, 0.29) is 5.91 Å². The summed E-state index contributed by atoms with van der Waals surface area (Å²) in [5, 5.41) is 17.7. The third-order valence-electron chi connectivity index (χ3n) is 3.84. The molecule has 0 radical (unpaired) electrons. The maximum absolute atomic E-state index is 12.4. The predicted molar refractivity (Wildman–Crippen MR) is 92.6 cm³/mol. The van der Waals surface area contributed by atoms with Crippen molar-refractivity contribution in [3.8, 4) is 17.1 Å². The SMILES string of the molecule is C[C@@H](NC(=O)c1ccc(-n2cnnn2)cc1)c1nc(-c2ccncc2)no1. The molecule has 1 atom stereocenters. The standard InChI is InChI=1S/C17H14N8O2/c1-11(17-21-15(22-27-17)12-6-8-18-9-7-12)20-16(26)13-2-4-14(5-3-13)25-10-19-23-24-25/h2-11H,1H3,(H,20,26)/t11-/m1/s1. The summed E-state index contributed by atoms with van der Waals surface area (Å²) in [5.41, 5.74) is 2.03. The van der Waals surface area contributed by atoms with E-state index in [4.69, 9.17) is 4.52 Å². The molecule has 1 N–H and O–H groups in total. The maximum atomic E-state index is 12.4. The highest BCUT2D eigenvalue weighted by Crippen LogP contribution is 2.18. The van der Waals surface area contributed by atoms with Crippen LogP contribution in [0.2, 0.25) is 0 Å². The average molecular weight is 362 g/mol. The molecule has 3 heterocycles. The second kappa shape index (κ2) is 7.12. The molecule has 0 bridgehead atoms. The van der Waals surface area contributed by atoms with Gasteiger partial charge in [-0.3, -0.25) is 9.78 Å². The van der Waals surface area contributed by atoms with Crippen molar-refractivity contribution in [2.45, 2.75) is 13.0 Å². The molecule has 0 fully saturated rings. The molecule has 0 saturated heterocycles.